The van der Waals surface area contributed by atoms with Crippen LogP contribution in [0.4, 0.5) is 0 Å². The van der Waals surface area contributed by atoms with E-state index in [9.17, 15) is 4.79 Å². The SMILES string of the molecule is O=C(Cn1ccnc1)N1N=C(c2cc3ccccc3o2)C[C@H]1c1ccco1. The quantitative estimate of drug-likeness (QED) is 0.557. The molecule has 1 atom stereocenters. The van der Waals surface area contributed by atoms with E-state index in [0.29, 0.717) is 17.9 Å². The zero-order chi connectivity index (χ0) is 18.2. The highest BCUT2D eigenvalue weighted by Gasteiger charge is 2.35. The molecule has 7 nitrogen and oxygen atoms in total. The lowest BCUT2D eigenvalue weighted by Crippen LogP contribution is -2.29. The van der Waals surface area contributed by atoms with E-state index in [-0.39, 0.29) is 18.5 Å². The predicted octanol–water partition coefficient (Wildman–Crippen LogP) is 3.60. The van der Waals surface area contributed by atoms with Crippen molar-refractivity contribution in [2.24, 2.45) is 5.10 Å². The maximum atomic E-state index is 12.9. The van der Waals surface area contributed by atoms with Crippen molar-refractivity contribution < 1.29 is 13.6 Å². The van der Waals surface area contributed by atoms with Crippen molar-refractivity contribution in [2.45, 2.75) is 19.0 Å². The molecule has 0 radical (unpaired) electrons. The fraction of sp³-hybridized carbons (Fsp3) is 0.150. The van der Waals surface area contributed by atoms with E-state index < -0.39 is 0 Å². The van der Waals surface area contributed by atoms with Gasteiger partial charge in [0.25, 0.3) is 5.91 Å². The highest BCUT2D eigenvalue weighted by atomic mass is 16.3. The van der Waals surface area contributed by atoms with Crippen LogP contribution >= 0.6 is 0 Å². The van der Waals surface area contributed by atoms with Gasteiger partial charge in [0.2, 0.25) is 0 Å². The molecule has 0 spiro atoms. The van der Waals surface area contributed by atoms with Crippen LogP contribution in [0.1, 0.15) is 24.0 Å². The molecule has 0 aliphatic carbocycles. The number of amides is 1. The molecule has 0 fully saturated rings. The lowest BCUT2D eigenvalue weighted by Gasteiger charge is -2.19. The van der Waals surface area contributed by atoms with Crippen molar-refractivity contribution >= 4 is 22.6 Å². The van der Waals surface area contributed by atoms with Gasteiger partial charge in [-0.25, -0.2) is 9.99 Å². The van der Waals surface area contributed by atoms with E-state index >= 15 is 0 Å². The molecule has 5 rings (SSSR count). The lowest BCUT2D eigenvalue weighted by molar-refractivity contribution is -0.134. The minimum Gasteiger partial charge on any atom is -0.467 e. The average Bonchev–Trinajstić information content (AvgIpc) is 3.46. The topological polar surface area (TPSA) is 76.8 Å². The van der Waals surface area contributed by atoms with Gasteiger partial charge in [0, 0.05) is 24.2 Å². The Bertz CT molecular complexity index is 1080. The molecule has 4 heterocycles. The van der Waals surface area contributed by atoms with E-state index in [1.807, 2.05) is 42.5 Å². The Hall–Kier alpha value is -3.61. The van der Waals surface area contributed by atoms with Gasteiger partial charge in [-0.05, 0) is 24.3 Å². The zero-order valence-corrected chi connectivity index (χ0v) is 14.4. The highest BCUT2D eigenvalue weighted by Crippen LogP contribution is 2.34. The first-order chi connectivity index (χ1) is 13.3. The molecule has 0 N–H and O–H groups in total. The smallest absolute Gasteiger partial charge is 0.263 e. The summed E-state index contributed by atoms with van der Waals surface area (Å²) in [5, 5.41) is 7.08. The molecule has 4 aromatic rings. The average molecular weight is 360 g/mol. The van der Waals surface area contributed by atoms with E-state index in [1.54, 1.807) is 29.6 Å². The molecule has 134 valence electrons. The zero-order valence-electron chi connectivity index (χ0n) is 14.4. The summed E-state index contributed by atoms with van der Waals surface area (Å²) >= 11 is 0. The van der Waals surface area contributed by atoms with Crippen LogP contribution in [-0.4, -0.2) is 26.2 Å². The number of nitrogens with zero attached hydrogens (tertiary/aromatic N) is 4. The van der Waals surface area contributed by atoms with Gasteiger partial charge in [-0.3, -0.25) is 4.79 Å². The summed E-state index contributed by atoms with van der Waals surface area (Å²) in [7, 11) is 0. The second kappa shape index (κ2) is 6.28. The molecule has 7 heteroatoms. The fourth-order valence-corrected chi connectivity index (χ4v) is 3.32. The second-order valence-electron chi connectivity index (χ2n) is 6.40. The van der Waals surface area contributed by atoms with Crippen LogP contribution in [0.15, 0.2) is 81.4 Å². The van der Waals surface area contributed by atoms with Gasteiger partial charge in [0.05, 0.1) is 12.6 Å². The monoisotopic (exact) mass is 360 g/mol. The minimum absolute atomic E-state index is 0.138. The third-order valence-corrected chi connectivity index (χ3v) is 4.62. The van der Waals surface area contributed by atoms with Crippen LogP contribution in [0.5, 0.6) is 0 Å². The van der Waals surface area contributed by atoms with Crippen LogP contribution in [0, 0.1) is 0 Å². The summed E-state index contributed by atoms with van der Waals surface area (Å²) in [5.41, 5.74) is 1.53. The van der Waals surface area contributed by atoms with Crippen molar-refractivity contribution in [1.82, 2.24) is 14.6 Å². The number of carbonyl (C=O) groups is 1. The van der Waals surface area contributed by atoms with Gasteiger partial charge in [-0.15, -0.1) is 0 Å². The van der Waals surface area contributed by atoms with E-state index in [4.69, 9.17) is 8.83 Å². The first kappa shape index (κ1) is 15.6. The Morgan fingerprint density at radius 2 is 2.15 bits per heavy atom. The Kier molecular flexibility index (Phi) is 3.64. The molecule has 3 aromatic heterocycles. The minimum atomic E-state index is -0.292. The Morgan fingerprint density at radius 1 is 1.22 bits per heavy atom. The van der Waals surface area contributed by atoms with Crippen LogP contribution in [0.25, 0.3) is 11.0 Å². The molecule has 1 aromatic carbocycles. The molecule has 0 saturated carbocycles. The number of hydrogen-bond donors (Lipinski definition) is 0. The molecule has 0 bridgehead atoms. The number of fused-ring (bicyclic) bond motifs is 1. The van der Waals surface area contributed by atoms with Gasteiger partial charge < -0.3 is 13.4 Å². The number of hydrogen-bond acceptors (Lipinski definition) is 5. The molecule has 1 aliphatic rings. The summed E-state index contributed by atoms with van der Waals surface area (Å²) in [5.74, 6) is 1.23. The first-order valence-electron chi connectivity index (χ1n) is 8.65. The van der Waals surface area contributed by atoms with Gasteiger partial charge in [0.15, 0.2) is 5.76 Å². The van der Waals surface area contributed by atoms with Gasteiger partial charge in [-0.2, -0.15) is 5.10 Å². The predicted molar refractivity (Wildman–Crippen MR) is 97.9 cm³/mol. The number of benzene rings is 1. The van der Waals surface area contributed by atoms with E-state index in [2.05, 4.69) is 10.1 Å². The largest absolute Gasteiger partial charge is 0.467 e. The third-order valence-electron chi connectivity index (χ3n) is 4.62. The van der Waals surface area contributed by atoms with Gasteiger partial charge in [-0.1, -0.05) is 18.2 Å². The summed E-state index contributed by atoms with van der Waals surface area (Å²) in [6.45, 7) is 0.161. The lowest BCUT2D eigenvalue weighted by atomic mass is 10.1. The summed E-state index contributed by atoms with van der Waals surface area (Å²) in [4.78, 5) is 16.8. The maximum Gasteiger partial charge on any atom is 0.263 e. The summed E-state index contributed by atoms with van der Waals surface area (Å²) in [6, 6.07) is 13.1. The number of aromatic nitrogens is 2. The molecular formula is C20H16N4O3. The number of hydrazone groups is 1. The fourth-order valence-electron chi connectivity index (χ4n) is 3.32. The summed E-state index contributed by atoms with van der Waals surface area (Å²) < 4.78 is 13.2. The first-order valence-corrected chi connectivity index (χ1v) is 8.65. The van der Waals surface area contributed by atoms with Crippen molar-refractivity contribution in [3.63, 3.8) is 0 Å². The van der Waals surface area contributed by atoms with Gasteiger partial charge in [0.1, 0.15) is 29.6 Å². The molecular weight excluding hydrogens is 344 g/mol. The van der Waals surface area contributed by atoms with Crippen LogP contribution in [0.3, 0.4) is 0 Å². The normalized spacial score (nSPS) is 16.8. The third kappa shape index (κ3) is 2.83. The molecule has 27 heavy (non-hydrogen) atoms. The van der Waals surface area contributed by atoms with Gasteiger partial charge >= 0.3 is 0 Å². The number of para-hydroxylation sites is 1. The Balaban J connectivity index is 1.49. The number of imidazole rings is 1. The Morgan fingerprint density at radius 3 is 2.93 bits per heavy atom. The second-order valence-corrected chi connectivity index (χ2v) is 6.40. The maximum absolute atomic E-state index is 12.9. The van der Waals surface area contributed by atoms with Crippen LogP contribution in [0.2, 0.25) is 0 Å². The van der Waals surface area contributed by atoms with E-state index in [0.717, 1.165) is 16.7 Å². The number of carbonyl (C=O) groups excluding carboxylic acids is 1. The molecule has 1 amide bonds. The van der Waals surface area contributed by atoms with Crippen molar-refractivity contribution in [2.75, 3.05) is 0 Å². The summed E-state index contributed by atoms with van der Waals surface area (Å²) in [6.07, 6.45) is 7.14. The van der Waals surface area contributed by atoms with Crippen molar-refractivity contribution in [1.29, 1.82) is 0 Å². The van der Waals surface area contributed by atoms with Crippen LogP contribution in [-0.2, 0) is 11.3 Å². The van der Waals surface area contributed by atoms with Crippen molar-refractivity contribution in [3.05, 3.63) is 79.0 Å². The highest BCUT2D eigenvalue weighted by molar-refractivity contribution is 6.03. The molecule has 0 unspecified atom stereocenters. The number of rotatable bonds is 4. The molecule has 0 saturated heterocycles. The van der Waals surface area contributed by atoms with Crippen molar-refractivity contribution in [3.8, 4) is 0 Å². The molecule has 1 aliphatic heterocycles. The standard InChI is InChI=1S/C20H16N4O3/c25-20(12-23-8-7-21-13-23)24-16(18-6-3-9-26-18)11-15(22-24)19-10-14-4-1-2-5-17(14)27-19/h1-10,13,16H,11-12H2/t16-/m0/s1. The number of furan rings is 2. The van der Waals surface area contributed by atoms with Crippen LogP contribution < -0.4 is 0 Å². The Labute approximate surface area is 154 Å². The van der Waals surface area contributed by atoms with E-state index in [1.165, 1.54) is 5.01 Å².